The Morgan fingerprint density at radius 3 is 1.88 bits per heavy atom. The third kappa shape index (κ3) is 10.8. The highest BCUT2D eigenvalue weighted by atomic mass is 35.5. The first-order chi connectivity index (χ1) is 12.1. The molecule has 0 fully saturated rings. The Bertz CT molecular complexity index is 503. The topological polar surface area (TPSA) is 58.2 Å². The van der Waals surface area contributed by atoms with Crippen molar-refractivity contribution in [3.63, 3.8) is 0 Å². The van der Waals surface area contributed by atoms with Gasteiger partial charge in [0, 0.05) is 17.3 Å². The van der Waals surface area contributed by atoms with E-state index in [1.165, 1.54) is 51.4 Å². The maximum Gasteiger partial charge on any atom is 0.313 e. The molecule has 0 saturated heterocycles. The van der Waals surface area contributed by atoms with Gasteiger partial charge in [0.25, 0.3) is 0 Å². The Morgan fingerprint density at radius 2 is 1.32 bits per heavy atom. The van der Waals surface area contributed by atoms with Crippen molar-refractivity contribution in [1.82, 2.24) is 5.32 Å². The molecule has 0 saturated carbocycles. The molecule has 0 aromatic heterocycles. The molecular weight excluding hydrogens is 336 g/mol. The van der Waals surface area contributed by atoms with Crippen LogP contribution >= 0.6 is 11.6 Å². The van der Waals surface area contributed by atoms with Gasteiger partial charge in [0.1, 0.15) is 0 Å². The molecule has 1 rings (SSSR count). The number of unbranched alkanes of at least 4 members (excludes halogenated alkanes) is 9. The second kappa shape index (κ2) is 13.7. The zero-order valence-electron chi connectivity index (χ0n) is 15.3. The van der Waals surface area contributed by atoms with E-state index in [0.717, 1.165) is 12.8 Å². The minimum atomic E-state index is -0.644. The van der Waals surface area contributed by atoms with Crippen LogP contribution in [0.1, 0.15) is 71.1 Å². The quantitative estimate of drug-likeness (QED) is 0.388. The predicted octanol–water partition coefficient (Wildman–Crippen LogP) is 5.32. The number of hydrogen-bond acceptors (Lipinski definition) is 2. The van der Waals surface area contributed by atoms with Gasteiger partial charge in [-0.05, 0) is 30.7 Å². The molecule has 0 aliphatic heterocycles. The smallest absolute Gasteiger partial charge is 0.313 e. The summed E-state index contributed by atoms with van der Waals surface area (Å²) in [6.45, 7) is 2.78. The summed E-state index contributed by atoms with van der Waals surface area (Å²) >= 11 is 5.78. The van der Waals surface area contributed by atoms with Crippen LogP contribution in [0.25, 0.3) is 0 Å². The molecule has 0 aliphatic rings. The van der Waals surface area contributed by atoms with Gasteiger partial charge in [-0.25, -0.2) is 0 Å². The fourth-order valence-electron chi connectivity index (χ4n) is 2.62. The Morgan fingerprint density at radius 1 is 0.800 bits per heavy atom. The summed E-state index contributed by atoms with van der Waals surface area (Å²) in [6.07, 6.45) is 12.5. The average Bonchev–Trinajstić information content (AvgIpc) is 2.61. The van der Waals surface area contributed by atoms with E-state index in [1.54, 1.807) is 24.3 Å². The lowest BCUT2D eigenvalue weighted by Crippen LogP contribution is -2.35. The van der Waals surface area contributed by atoms with E-state index >= 15 is 0 Å². The number of hydrogen-bond donors (Lipinski definition) is 2. The van der Waals surface area contributed by atoms with Gasteiger partial charge in [0.2, 0.25) is 0 Å². The van der Waals surface area contributed by atoms with Crippen molar-refractivity contribution in [1.29, 1.82) is 0 Å². The molecule has 1 aromatic rings. The molecule has 0 bridgehead atoms. The van der Waals surface area contributed by atoms with E-state index in [4.69, 9.17) is 11.6 Å². The van der Waals surface area contributed by atoms with E-state index in [9.17, 15) is 9.59 Å². The molecule has 0 unspecified atom stereocenters. The highest BCUT2D eigenvalue weighted by Crippen LogP contribution is 2.13. The minimum Gasteiger partial charge on any atom is -0.348 e. The van der Waals surface area contributed by atoms with E-state index in [2.05, 4.69) is 17.6 Å². The van der Waals surface area contributed by atoms with Crippen LogP contribution in [0, 0.1) is 0 Å². The lowest BCUT2D eigenvalue weighted by Gasteiger charge is -2.07. The molecule has 5 heteroatoms. The largest absolute Gasteiger partial charge is 0.348 e. The predicted molar refractivity (Wildman–Crippen MR) is 105 cm³/mol. The van der Waals surface area contributed by atoms with Gasteiger partial charge in [-0.1, -0.05) is 76.3 Å². The lowest BCUT2D eigenvalue weighted by atomic mass is 10.1. The normalized spacial score (nSPS) is 10.5. The molecule has 140 valence electrons. The van der Waals surface area contributed by atoms with Crippen molar-refractivity contribution in [2.75, 3.05) is 11.9 Å². The van der Waals surface area contributed by atoms with Crippen LogP contribution in [0.3, 0.4) is 0 Å². The summed E-state index contributed by atoms with van der Waals surface area (Å²) in [5.41, 5.74) is 0.559. The highest BCUT2D eigenvalue weighted by molar-refractivity contribution is 6.39. The van der Waals surface area contributed by atoms with E-state index < -0.39 is 11.8 Å². The van der Waals surface area contributed by atoms with Crippen molar-refractivity contribution in [3.8, 4) is 0 Å². The highest BCUT2D eigenvalue weighted by Gasteiger charge is 2.12. The van der Waals surface area contributed by atoms with Gasteiger partial charge < -0.3 is 10.6 Å². The number of nitrogens with one attached hydrogen (secondary N) is 2. The Kier molecular flexibility index (Phi) is 11.8. The zero-order chi connectivity index (χ0) is 18.3. The Hall–Kier alpha value is -1.55. The summed E-state index contributed by atoms with van der Waals surface area (Å²) in [4.78, 5) is 23.5. The standard InChI is InChI=1S/C20H31ClN2O2/c1-2-3-4-5-6-7-8-9-10-11-16-22-19(24)20(25)23-18-14-12-17(21)13-15-18/h12-15H,2-11,16H2,1H3,(H,22,24)(H,23,25). The van der Waals surface area contributed by atoms with Crippen LogP contribution in [0.15, 0.2) is 24.3 Å². The molecule has 25 heavy (non-hydrogen) atoms. The average molecular weight is 367 g/mol. The number of rotatable bonds is 12. The van der Waals surface area contributed by atoms with Crippen molar-refractivity contribution < 1.29 is 9.59 Å². The summed E-state index contributed by atoms with van der Waals surface area (Å²) in [5.74, 6) is -1.24. The fraction of sp³-hybridized carbons (Fsp3) is 0.600. The Balaban J connectivity index is 1.99. The molecule has 1 aromatic carbocycles. The van der Waals surface area contributed by atoms with Gasteiger partial charge in [0.05, 0.1) is 0 Å². The number of halogens is 1. The maximum absolute atomic E-state index is 11.8. The van der Waals surface area contributed by atoms with Gasteiger partial charge in [-0.2, -0.15) is 0 Å². The molecule has 2 amide bonds. The molecule has 0 atom stereocenters. The van der Waals surface area contributed by atoms with E-state index in [1.807, 2.05) is 0 Å². The first kappa shape index (κ1) is 21.5. The molecular formula is C20H31ClN2O2. The van der Waals surface area contributed by atoms with Gasteiger partial charge in [-0.15, -0.1) is 0 Å². The first-order valence-corrected chi connectivity index (χ1v) is 9.86. The fourth-order valence-corrected chi connectivity index (χ4v) is 2.74. The maximum atomic E-state index is 11.8. The van der Waals surface area contributed by atoms with Gasteiger partial charge in [0.15, 0.2) is 0 Å². The van der Waals surface area contributed by atoms with Gasteiger partial charge >= 0.3 is 11.8 Å². The van der Waals surface area contributed by atoms with E-state index in [-0.39, 0.29) is 0 Å². The number of carbonyl (C=O) groups is 2. The summed E-state index contributed by atoms with van der Waals surface area (Å²) in [7, 11) is 0. The van der Waals surface area contributed by atoms with Crippen LogP contribution in [0.2, 0.25) is 5.02 Å². The van der Waals surface area contributed by atoms with Crippen LogP contribution in [-0.2, 0) is 9.59 Å². The third-order valence-electron chi connectivity index (χ3n) is 4.12. The summed E-state index contributed by atoms with van der Waals surface area (Å²) < 4.78 is 0. The number of anilines is 1. The monoisotopic (exact) mass is 366 g/mol. The first-order valence-electron chi connectivity index (χ1n) is 9.48. The van der Waals surface area contributed by atoms with Crippen LogP contribution in [0.5, 0.6) is 0 Å². The van der Waals surface area contributed by atoms with Crippen LogP contribution < -0.4 is 10.6 Å². The SMILES string of the molecule is CCCCCCCCCCCCNC(=O)C(=O)Nc1ccc(Cl)cc1. The molecule has 0 radical (unpaired) electrons. The zero-order valence-corrected chi connectivity index (χ0v) is 16.0. The van der Waals surface area contributed by atoms with Crippen molar-refractivity contribution in [2.24, 2.45) is 0 Å². The second-order valence-electron chi connectivity index (χ2n) is 6.40. The van der Waals surface area contributed by atoms with Gasteiger partial charge in [-0.3, -0.25) is 9.59 Å². The number of amides is 2. The van der Waals surface area contributed by atoms with Crippen LogP contribution in [-0.4, -0.2) is 18.4 Å². The Labute approximate surface area is 156 Å². The van der Waals surface area contributed by atoms with Crippen molar-refractivity contribution in [3.05, 3.63) is 29.3 Å². The van der Waals surface area contributed by atoms with Crippen molar-refractivity contribution in [2.45, 2.75) is 71.1 Å². The second-order valence-corrected chi connectivity index (χ2v) is 6.84. The number of carbonyl (C=O) groups excluding carboxylic acids is 2. The minimum absolute atomic E-state index is 0.545. The summed E-state index contributed by atoms with van der Waals surface area (Å²) in [6, 6.07) is 6.66. The number of benzene rings is 1. The molecule has 0 spiro atoms. The van der Waals surface area contributed by atoms with Crippen LogP contribution in [0.4, 0.5) is 5.69 Å². The summed E-state index contributed by atoms with van der Waals surface area (Å²) in [5, 5.41) is 5.80. The molecule has 4 nitrogen and oxygen atoms in total. The molecule has 2 N–H and O–H groups in total. The molecule has 0 aliphatic carbocycles. The third-order valence-corrected chi connectivity index (χ3v) is 4.38. The lowest BCUT2D eigenvalue weighted by molar-refractivity contribution is -0.136. The van der Waals surface area contributed by atoms with Crippen molar-refractivity contribution >= 4 is 29.1 Å². The van der Waals surface area contributed by atoms with E-state index in [0.29, 0.717) is 17.3 Å². The molecule has 0 heterocycles.